The topological polar surface area (TPSA) is 86.8 Å². The van der Waals surface area contributed by atoms with E-state index in [1.54, 1.807) is 7.05 Å². The first-order chi connectivity index (χ1) is 8.01. The van der Waals surface area contributed by atoms with Crippen LogP contribution in [0.3, 0.4) is 0 Å². The van der Waals surface area contributed by atoms with Crippen molar-refractivity contribution in [1.82, 2.24) is 20.4 Å². The molecule has 4 N–H and O–H groups in total. The average molecular weight is 239 g/mol. The van der Waals surface area contributed by atoms with Crippen molar-refractivity contribution in [1.29, 1.82) is 0 Å². The summed E-state index contributed by atoms with van der Waals surface area (Å²) in [6.07, 6.45) is 0. The van der Waals surface area contributed by atoms with E-state index in [4.69, 9.17) is 0 Å². The summed E-state index contributed by atoms with van der Waals surface area (Å²) in [7, 11) is 1.76. The van der Waals surface area contributed by atoms with E-state index in [1.165, 1.54) is 0 Å². The van der Waals surface area contributed by atoms with Crippen molar-refractivity contribution >= 4 is 17.8 Å². The van der Waals surface area contributed by atoms with Crippen molar-refractivity contribution in [2.45, 2.75) is 39.8 Å². The van der Waals surface area contributed by atoms with Crippen LogP contribution < -0.4 is 21.5 Å². The minimum Gasteiger partial charge on any atom is -0.352 e. The Bertz CT molecular complexity index is 322. The highest BCUT2D eigenvalue weighted by Crippen LogP contribution is 2.10. The van der Waals surface area contributed by atoms with Crippen molar-refractivity contribution in [2.75, 3.05) is 23.1 Å². The highest BCUT2D eigenvalue weighted by atomic mass is 15.4. The van der Waals surface area contributed by atoms with E-state index < -0.39 is 0 Å². The predicted molar refractivity (Wildman–Crippen MR) is 70.0 cm³/mol. The van der Waals surface area contributed by atoms with E-state index in [0.29, 0.717) is 17.8 Å². The van der Waals surface area contributed by atoms with Gasteiger partial charge in [0.2, 0.25) is 17.8 Å². The summed E-state index contributed by atoms with van der Waals surface area (Å²) in [6.45, 7) is 8.13. The van der Waals surface area contributed by atoms with Crippen LogP contribution in [0, 0.1) is 0 Å². The molecule has 7 nitrogen and oxygen atoms in total. The Morgan fingerprint density at radius 1 is 0.765 bits per heavy atom. The number of rotatable bonds is 6. The molecule has 0 aliphatic heterocycles. The first kappa shape index (κ1) is 13.4. The predicted octanol–water partition coefficient (Wildman–Crippen LogP) is 1.06. The Labute approximate surface area is 102 Å². The highest BCUT2D eigenvalue weighted by Gasteiger charge is 2.07. The molecule has 96 valence electrons. The fraction of sp³-hybridized carbons (Fsp3) is 0.700. The molecule has 0 saturated heterocycles. The van der Waals surface area contributed by atoms with Gasteiger partial charge in [-0.3, -0.25) is 5.43 Å². The van der Waals surface area contributed by atoms with E-state index in [2.05, 4.69) is 36.4 Å². The summed E-state index contributed by atoms with van der Waals surface area (Å²) in [5, 5.41) is 6.29. The van der Waals surface area contributed by atoms with Crippen molar-refractivity contribution in [3.8, 4) is 0 Å². The minimum atomic E-state index is 0.270. The maximum Gasteiger partial charge on any atom is 0.243 e. The van der Waals surface area contributed by atoms with Crippen LogP contribution in [-0.4, -0.2) is 34.1 Å². The Balaban J connectivity index is 2.91. The molecule has 0 saturated carbocycles. The first-order valence-electron chi connectivity index (χ1n) is 5.73. The Morgan fingerprint density at radius 3 is 1.53 bits per heavy atom. The quantitative estimate of drug-likeness (QED) is 0.552. The molecule has 1 heterocycles. The van der Waals surface area contributed by atoms with Crippen LogP contribution in [0.1, 0.15) is 27.7 Å². The van der Waals surface area contributed by atoms with Gasteiger partial charge in [0.05, 0.1) is 0 Å². The average Bonchev–Trinajstić information content (AvgIpc) is 2.14. The SMILES string of the molecule is CNNc1nc(NC(C)C)nc(NC(C)C)n1. The number of aromatic nitrogens is 3. The van der Waals surface area contributed by atoms with Crippen LogP contribution in [-0.2, 0) is 0 Å². The summed E-state index contributed by atoms with van der Waals surface area (Å²) in [5.41, 5.74) is 5.63. The van der Waals surface area contributed by atoms with Crippen molar-refractivity contribution in [2.24, 2.45) is 0 Å². The summed E-state index contributed by atoms with van der Waals surface area (Å²) in [5.74, 6) is 1.58. The van der Waals surface area contributed by atoms with Crippen molar-refractivity contribution in [3.63, 3.8) is 0 Å². The van der Waals surface area contributed by atoms with Crippen LogP contribution in [0.15, 0.2) is 0 Å². The minimum absolute atomic E-state index is 0.270. The van der Waals surface area contributed by atoms with Gasteiger partial charge in [-0.15, -0.1) is 0 Å². The van der Waals surface area contributed by atoms with E-state index >= 15 is 0 Å². The normalized spacial score (nSPS) is 10.8. The molecule has 1 aromatic heterocycles. The Kier molecular flexibility index (Phi) is 4.89. The Hall–Kier alpha value is -1.63. The Morgan fingerprint density at radius 2 is 1.18 bits per heavy atom. The van der Waals surface area contributed by atoms with E-state index in [0.717, 1.165) is 0 Å². The van der Waals surface area contributed by atoms with Crippen LogP contribution in [0.25, 0.3) is 0 Å². The van der Waals surface area contributed by atoms with Gasteiger partial charge in [-0.05, 0) is 27.7 Å². The number of nitrogens with zero attached hydrogens (tertiary/aromatic N) is 3. The third-order valence-electron chi connectivity index (χ3n) is 1.71. The number of hydrogen-bond acceptors (Lipinski definition) is 7. The lowest BCUT2D eigenvalue weighted by Crippen LogP contribution is -2.22. The third kappa shape index (κ3) is 4.81. The maximum atomic E-state index is 4.28. The second-order valence-corrected chi connectivity index (χ2v) is 4.28. The lowest BCUT2D eigenvalue weighted by Gasteiger charge is -2.13. The molecule has 0 amide bonds. The number of hydrazine groups is 1. The monoisotopic (exact) mass is 239 g/mol. The second kappa shape index (κ2) is 6.19. The molecule has 0 unspecified atom stereocenters. The fourth-order valence-electron chi connectivity index (χ4n) is 1.19. The molecule has 0 bridgehead atoms. The molecule has 0 aliphatic rings. The highest BCUT2D eigenvalue weighted by molar-refractivity contribution is 5.42. The number of anilines is 3. The maximum absolute atomic E-state index is 4.28. The molecule has 0 radical (unpaired) electrons. The molecule has 1 aromatic rings. The zero-order chi connectivity index (χ0) is 12.8. The van der Waals surface area contributed by atoms with Gasteiger partial charge >= 0.3 is 0 Å². The van der Waals surface area contributed by atoms with Crippen LogP contribution in [0.5, 0.6) is 0 Å². The lowest BCUT2D eigenvalue weighted by atomic mass is 10.4. The molecular weight excluding hydrogens is 218 g/mol. The number of nitrogens with one attached hydrogen (secondary N) is 4. The largest absolute Gasteiger partial charge is 0.352 e. The van der Waals surface area contributed by atoms with Crippen LogP contribution >= 0.6 is 0 Å². The molecule has 1 rings (SSSR count). The summed E-state index contributed by atoms with van der Waals surface area (Å²) >= 11 is 0. The molecule has 0 fully saturated rings. The molecule has 0 aromatic carbocycles. The number of hydrogen-bond donors (Lipinski definition) is 4. The fourth-order valence-corrected chi connectivity index (χ4v) is 1.19. The lowest BCUT2D eigenvalue weighted by molar-refractivity contribution is 0.837. The summed E-state index contributed by atoms with van der Waals surface area (Å²) < 4.78 is 0. The zero-order valence-electron chi connectivity index (χ0n) is 11.0. The zero-order valence-corrected chi connectivity index (χ0v) is 11.0. The van der Waals surface area contributed by atoms with Gasteiger partial charge in [-0.25, -0.2) is 5.43 Å². The van der Waals surface area contributed by atoms with Crippen LogP contribution in [0.2, 0.25) is 0 Å². The molecule has 7 heteroatoms. The molecule has 0 aliphatic carbocycles. The van der Waals surface area contributed by atoms with Gasteiger partial charge in [0.25, 0.3) is 0 Å². The van der Waals surface area contributed by atoms with Gasteiger partial charge in [-0.1, -0.05) is 0 Å². The van der Waals surface area contributed by atoms with E-state index in [-0.39, 0.29) is 12.1 Å². The van der Waals surface area contributed by atoms with Gasteiger partial charge in [0.15, 0.2) is 0 Å². The van der Waals surface area contributed by atoms with Crippen LogP contribution in [0.4, 0.5) is 17.8 Å². The van der Waals surface area contributed by atoms with Gasteiger partial charge in [-0.2, -0.15) is 15.0 Å². The third-order valence-corrected chi connectivity index (χ3v) is 1.71. The van der Waals surface area contributed by atoms with Gasteiger partial charge in [0.1, 0.15) is 0 Å². The molecular formula is C10H21N7. The van der Waals surface area contributed by atoms with Crippen molar-refractivity contribution < 1.29 is 0 Å². The standard InChI is InChI=1S/C10H21N7/c1-6(2)12-8-14-9(13-7(3)4)16-10(15-8)17-11-5/h6-7,11H,1-5H3,(H3,12,13,14,15,16,17). The van der Waals surface area contributed by atoms with Gasteiger partial charge in [0, 0.05) is 19.1 Å². The molecule has 17 heavy (non-hydrogen) atoms. The first-order valence-corrected chi connectivity index (χ1v) is 5.73. The van der Waals surface area contributed by atoms with E-state index in [1.807, 2.05) is 27.7 Å². The molecule has 0 atom stereocenters. The van der Waals surface area contributed by atoms with E-state index in [9.17, 15) is 0 Å². The molecule has 0 spiro atoms. The van der Waals surface area contributed by atoms with Gasteiger partial charge < -0.3 is 10.6 Å². The second-order valence-electron chi connectivity index (χ2n) is 4.28. The smallest absolute Gasteiger partial charge is 0.243 e. The van der Waals surface area contributed by atoms with Crippen molar-refractivity contribution in [3.05, 3.63) is 0 Å². The summed E-state index contributed by atoms with van der Waals surface area (Å²) in [4.78, 5) is 12.7. The summed E-state index contributed by atoms with van der Waals surface area (Å²) in [6, 6.07) is 0.540.